The molecule has 1 rings (SSSR count). The quantitative estimate of drug-likeness (QED) is 0.790. The molecule has 1 aliphatic rings. The molecule has 0 aliphatic carbocycles. The largest absolute Gasteiger partial charge is 0.334 e. The van der Waals surface area contributed by atoms with Gasteiger partial charge in [0, 0.05) is 24.7 Å². The molecule has 0 aromatic heterocycles. The van der Waals surface area contributed by atoms with Gasteiger partial charge in [-0.3, -0.25) is 0 Å². The second kappa shape index (κ2) is 6.24. The summed E-state index contributed by atoms with van der Waals surface area (Å²) in [7, 11) is 0. The highest BCUT2D eigenvalue weighted by Crippen LogP contribution is 2.10. The third-order valence-corrected chi connectivity index (χ3v) is 2.92. The van der Waals surface area contributed by atoms with Crippen LogP contribution < -0.4 is 10.6 Å². The molecule has 1 saturated heterocycles. The fraction of sp³-hybridized carbons (Fsp3) is 0.923. The summed E-state index contributed by atoms with van der Waals surface area (Å²) in [5, 5.41) is 5.99. The molecule has 2 N–H and O–H groups in total. The molecule has 0 unspecified atom stereocenters. The molecule has 17 heavy (non-hydrogen) atoms. The highest BCUT2D eigenvalue weighted by Gasteiger charge is 2.24. The van der Waals surface area contributed by atoms with Crippen LogP contribution in [0.15, 0.2) is 0 Å². The Bertz CT molecular complexity index is 248. The number of amides is 2. The van der Waals surface area contributed by atoms with E-state index < -0.39 is 0 Å². The minimum atomic E-state index is -0.162. The molecule has 0 bridgehead atoms. The summed E-state index contributed by atoms with van der Waals surface area (Å²) in [5.74, 6) is 0. The highest BCUT2D eigenvalue weighted by molar-refractivity contribution is 5.75. The van der Waals surface area contributed by atoms with Gasteiger partial charge in [0.2, 0.25) is 0 Å². The Morgan fingerprint density at radius 2 is 2.12 bits per heavy atom. The van der Waals surface area contributed by atoms with E-state index in [0.717, 1.165) is 26.1 Å². The van der Waals surface area contributed by atoms with Crippen molar-refractivity contribution >= 4 is 6.03 Å². The first-order chi connectivity index (χ1) is 7.90. The number of unbranched alkanes of at least 4 members (excludes halogenated alkanes) is 1. The standard InChI is InChI=1S/C13H27N3O/c1-5-6-8-16-9-7-11(10-16)14-12(17)15-13(2,3)4/h11H,5-10H2,1-4H3,(H2,14,15,17)/t11-/m0/s1. The lowest BCUT2D eigenvalue weighted by molar-refractivity contribution is 0.227. The Morgan fingerprint density at radius 3 is 2.71 bits per heavy atom. The Labute approximate surface area is 105 Å². The van der Waals surface area contributed by atoms with Crippen LogP contribution in [0.3, 0.4) is 0 Å². The lowest BCUT2D eigenvalue weighted by Gasteiger charge is -2.23. The predicted octanol–water partition coefficient (Wildman–Crippen LogP) is 1.96. The van der Waals surface area contributed by atoms with E-state index in [4.69, 9.17) is 0 Å². The van der Waals surface area contributed by atoms with Gasteiger partial charge in [-0.15, -0.1) is 0 Å². The van der Waals surface area contributed by atoms with Gasteiger partial charge in [0.05, 0.1) is 0 Å². The van der Waals surface area contributed by atoms with Gasteiger partial charge < -0.3 is 15.5 Å². The summed E-state index contributed by atoms with van der Waals surface area (Å²) in [6.07, 6.45) is 3.56. The average Bonchev–Trinajstić information content (AvgIpc) is 2.59. The van der Waals surface area contributed by atoms with E-state index in [1.54, 1.807) is 0 Å². The van der Waals surface area contributed by atoms with E-state index >= 15 is 0 Å². The van der Waals surface area contributed by atoms with Crippen LogP contribution in [0.4, 0.5) is 4.79 Å². The second-order valence-corrected chi connectivity index (χ2v) is 5.99. The second-order valence-electron chi connectivity index (χ2n) is 5.99. The minimum Gasteiger partial charge on any atom is -0.334 e. The zero-order valence-corrected chi connectivity index (χ0v) is 11.7. The number of urea groups is 1. The van der Waals surface area contributed by atoms with Crippen molar-refractivity contribution in [3.63, 3.8) is 0 Å². The lowest BCUT2D eigenvalue weighted by atomic mass is 10.1. The zero-order chi connectivity index (χ0) is 12.9. The third-order valence-electron chi connectivity index (χ3n) is 2.92. The number of carbonyl (C=O) groups excluding carboxylic acids is 1. The van der Waals surface area contributed by atoms with Crippen molar-refractivity contribution in [2.24, 2.45) is 0 Å². The van der Waals surface area contributed by atoms with Crippen LogP contribution in [-0.2, 0) is 0 Å². The van der Waals surface area contributed by atoms with Crippen LogP contribution in [0.25, 0.3) is 0 Å². The molecule has 1 atom stereocenters. The summed E-state index contributed by atoms with van der Waals surface area (Å²) in [6.45, 7) is 11.5. The van der Waals surface area contributed by atoms with Crippen LogP contribution in [0, 0.1) is 0 Å². The number of carbonyl (C=O) groups is 1. The first kappa shape index (κ1) is 14.3. The van der Waals surface area contributed by atoms with Gasteiger partial charge in [-0.05, 0) is 40.2 Å². The highest BCUT2D eigenvalue weighted by atomic mass is 16.2. The summed E-state index contributed by atoms with van der Waals surface area (Å²) in [5.41, 5.74) is -0.162. The topological polar surface area (TPSA) is 44.4 Å². The average molecular weight is 241 g/mol. The van der Waals surface area contributed by atoms with Gasteiger partial charge in [-0.2, -0.15) is 0 Å². The van der Waals surface area contributed by atoms with Crippen molar-refractivity contribution in [3.8, 4) is 0 Å². The maximum absolute atomic E-state index is 11.7. The minimum absolute atomic E-state index is 0.0418. The molecule has 4 nitrogen and oxygen atoms in total. The smallest absolute Gasteiger partial charge is 0.315 e. The van der Waals surface area contributed by atoms with E-state index in [9.17, 15) is 4.79 Å². The first-order valence-corrected chi connectivity index (χ1v) is 6.72. The van der Waals surface area contributed by atoms with Crippen LogP contribution in [0.1, 0.15) is 47.0 Å². The van der Waals surface area contributed by atoms with Crippen LogP contribution in [0.2, 0.25) is 0 Å². The zero-order valence-electron chi connectivity index (χ0n) is 11.7. The van der Waals surface area contributed by atoms with Crippen molar-refractivity contribution in [1.29, 1.82) is 0 Å². The van der Waals surface area contributed by atoms with Crippen LogP contribution in [0.5, 0.6) is 0 Å². The number of nitrogens with zero attached hydrogens (tertiary/aromatic N) is 1. The molecule has 1 heterocycles. The Balaban J connectivity index is 2.23. The van der Waals surface area contributed by atoms with Gasteiger partial charge in [-0.1, -0.05) is 13.3 Å². The molecule has 0 aromatic carbocycles. The van der Waals surface area contributed by atoms with Gasteiger partial charge in [0.15, 0.2) is 0 Å². The summed E-state index contributed by atoms with van der Waals surface area (Å²) in [4.78, 5) is 14.1. The molecule has 0 spiro atoms. The van der Waals surface area contributed by atoms with Crippen molar-refractivity contribution in [1.82, 2.24) is 15.5 Å². The maximum atomic E-state index is 11.7. The third kappa shape index (κ3) is 5.91. The normalized spacial score (nSPS) is 21.5. The fourth-order valence-electron chi connectivity index (χ4n) is 2.10. The summed E-state index contributed by atoms with van der Waals surface area (Å²) in [6, 6.07) is 0.272. The molecule has 1 fully saturated rings. The first-order valence-electron chi connectivity index (χ1n) is 6.72. The van der Waals surface area contributed by atoms with E-state index in [0.29, 0.717) is 6.04 Å². The van der Waals surface area contributed by atoms with E-state index in [1.165, 1.54) is 12.8 Å². The Kier molecular flexibility index (Phi) is 5.25. The van der Waals surface area contributed by atoms with Gasteiger partial charge in [0.25, 0.3) is 0 Å². The van der Waals surface area contributed by atoms with Gasteiger partial charge in [0.1, 0.15) is 0 Å². The monoisotopic (exact) mass is 241 g/mol. The van der Waals surface area contributed by atoms with Crippen molar-refractivity contribution in [2.45, 2.75) is 58.5 Å². The molecule has 100 valence electrons. The molecule has 0 radical (unpaired) electrons. The number of hydrogen-bond donors (Lipinski definition) is 2. The van der Waals surface area contributed by atoms with E-state index in [-0.39, 0.29) is 11.6 Å². The van der Waals surface area contributed by atoms with Crippen molar-refractivity contribution in [3.05, 3.63) is 0 Å². The molecule has 0 saturated carbocycles. The molecule has 4 heteroatoms. The Hall–Kier alpha value is -0.770. The van der Waals surface area contributed by atoms with Crippen molar-refractivity contribution < 1.29 is 4.79 Å². The predicted molar refractivity (Wildman–Crippen MR) is 71.2 cm³/mol. The number of likely N-dealkylation sites (tertiary alicyclic amines) is 1. The maximum Gasteiger partial charge on any atom is 0.315 e. The van der Waals surface area contributed by atoms with Gasteiger partial charge in [-0.25, -0.2) is 4.79 Å². The number of nitrogens with one attached hydrogen (secondary N) is 2. The lowest BCUT2D eigenvalue weighted by Crippen LogP contribution is -2.50. The fourth-order valence-corrected chi connectivity index (χ4v) is 2.10. The van der Waals surface area contributed by atoms with Crippen LogP contribution in [-0.4, -0.2) is 42.1 Å². The number of rotatable bonds is 4. The molecule has 2 amide bonds. The van der Waals surface area contributed by atoms with E-state index in [2.05, 4.69) is 22.5 Å². The summed E-state index contributed by atoms with van der Waals surface area (Å²) < 4.78 is 0. The number of hydrogen-bond acceptors (Lipinski definition) is 2. The Morgan fingerprint density at radius 1 is 1.41 bits per heavy atom. The molecule has 0 aromatic rings. The molecular weight excluding hydrogens is 214 g/mol. The molecule has 1 aliphatic heterocycles. The summed E-state index contributed by atoms with van der Waals surface area (Å²) >= 11 is 0. The van der Waals surface area contributed by atoms with Gasteiger partial charge >= 0.3 is 6.03 Å². The van der Waals surface area contributed by atoms with E-state index in [1.807, 2.05) is 20.8 Å². The van der Waals surface area contributed by atoms with Crippen LogP contribution >= 0.6 is 0 Å². The molecular formula is C13H27N3O. The van der Waals surface area contributed by atoms with Crippen molar-refractivity contribution in [2.75, 3.05) is 19.6 Å². The SMILES string of the molecule is CCCCN1CC[C@H](NC(=O)NC(C)(C)C)C1.